The number of pyridine rings is 1. The van der Waals surface area contributed by atoms with Gasteiger partial charge in [-0.25, -0.2) is 0 Å². The zero-order valence-electron chi connectivity index (χ0n) is 10.4. The summed E-state index contributed by atoms with van der Waals surface area (Å²) in [4.78, 5) is 3.71. The van der Waals surface area contributed by atoms with Gasteiger partial charge in [0.2, 0.25) is 5.88 Å². The van der Waals surface area contributed by atoms with Crippen molar-refractivity contribution < 1.29 is 22.6 Å². The number of benzene rings is 1. The number of nitrogens with zero attached hydrogens (tertiary/aromatic N) is 1. The lowest BCUT2D eigenvalue weighted by molar-refractivity contribution is -0.137. The largest absolute Gasteiger partial charge is 0.497 e. The Hall–Kier alpha value is -2.44. The average molecular weight is 284 g/mol. The third kappa shape index (κ3) is 3.31. The molecule has 0 spiro atoms. The van der Waals surface area contributed by atoms with Crippen molar-refractivity contribution in [3.05, 3.63) is 42.0 Å². The third-order valence-electron chi connectivity index (χ3n) is 2.41. The minimum absolute atomic E-state index is 0.231. The van der Waals surface area contributed by atoms with Gasteiger partial charge in [0.25, 0.3) is 0 Å². The molecule has 0 fully saturated rings. The first kappa shape index (κ1) is 14.0. The average Bonchev–Trinajstić information content (AvgIpc) is 2.37. The molecule has 0 atom stereocenters. The summed E-state index contributed by atoms with van der Waals surface area (Å²) in [6.45, 7) is 0. The molecular formula is C13H11F3N2O2. The van der Waals surface area contributed by atoms with Crippen molar-refractivity contribution in [3.8, 4) is 17.4 Å². The summed E-state index contributed by atoms with van der Waals surface area (Å²) in [5.41, 5.74) is 4.44. The summed E-state index contributed by atoms with van der Waals surface area (Å²) in [7, 11) is 1.47. The van der Waals surface area contributed by atoms with E-state index in [1.807, 2.05) is 0 Å². The Kier molecular flexibility index (Phi) is 3.69. The molecule has 4 nitrogen and oxygen atoms in total. The molecule has 0 aliphatic heterocycles. The van der Waals surface area contributed by atoms with Gasteiger partial charge in [-0.1, -0.05) is 6.07 Å². The monoisotopic (exact) mass is 284 g/mol. The first-order valence-corrected chi connectivity index (χ1v) is 5.55. The van der Waals surface area contributed by atoms with E-state index in [-0.39, 0.29) is 11.7 Å². The Bertz CT molecular complexity index is 615. The molecule has 1 aromatic carbocycles. The van der Waals surface area contributed by atoms with Gasteiger partial charge in [0, 0.05) is 12.1 Å². The number of rotatable bonds is 3. The van der Waals surface area contributed by atoms with Crippen LogP contribution < -0.4 is 15.2 Å². The van der Waals surface area contributed by atoms with E-state index in [0.717, 1.165) is 12.1 Å². The van der Waals surface area contributed by atoms with E-state index < -0.39 is 11.7 Å². The normalized spacial score (nSPS) is 11.2. The molecule has 2 rings (SSSR count). The molecule has 0 bridgehead atoms. The highest BCUT2D eigenvalue weighted by Gasteiger charge is 2.31. The van der Waals surface area contributed by atoms with Gasteiger partial charge in [-0.15, -0.1) is 0 Å². The fraction of sp³-hybridized carbons (Fsp3) is 0.154. The van der Waals surface area contributed by atoms with Crippen LogP contribution in [0.2, 0.25) is 0 Å². The summed E-state index contributed by atoms with van der Waals surface area (Å²) >= 11 is 0. The molecule has 1 heterocycles. The summed E-state index contributed by atoms with van der Waals surface area (Å²) in [6.07, 6.45) is -4.51. The molecular weight excluding hydrogens is 273 g/mol. The van der Waals surface area contributed by atoms with Gasteiger partial charge in [-0.3, -0.25) is 0 Å². The molecule has 0 saturated heterocycles. The molecule has 0 unspecified atom stereocenters. The topological polar surface area (TPSA) is 57.4 Å². The Morgan fingerprint density at radius 2 is 1.80 bits per heavy atom. The highest BCUT2D eigenvalue weighted by molar-refractivity contribution is 5.41. The molecule has 0 aliphatic carbocycles. The summed E-state index contributed by atoms with van der Waals surface area (Å²) < 4.78 is 48.2. The fourth-order valence-electron chi connectivity index (χ4n) is 1.53. The van der Waals surface area contributed by atoms with E-state index in [1.165, 1.54) is 13.2 Å². The van der Waals surface area contributed by atoms with Crippen molar-refractivity contribution in [2.24, 2.45) is 0 Å². The van der Waals surface area contributed by atoms with E-state index in [4.69, 9.17) is 15.2 Å². The van der Waals surface area contributed by atoms with E-state index in [1.54, 1.807) is 18.2 Å². The van der Waals surface area contributed by atoms with Gasteiger partial charge in [0.1, 0.15) is 17.3 Å². The quantitative estimate of drug-likeness (QED) is 0.937. The molecule has 0 amide bonds. The molecule has 106 valence electrons. The van der Waals surface area contributed by atoms with Crippen LogP contribution in [0.25, 0.3) is 0 Å². The van der Waals surface area contributed by atoms with Crippen LogP contribution in [0.15, 0.2) is 36.4 Å². The number of nitrogen functional groups attached to an aromatic ring is 1. The highest BCUT2D eigenvalue weighted by atomic mass is 19.4. The smallest absolute Gasteiger partial charge is 0.416 e. The van der Waals surface area contributed by atoms with Crippen molar-refractivity contribution in [1.82, 2.24) is 4.98 Å². The number of methoxy groups -OCH3 is 1. The fourth-order valence-corrected chi connectivity index (χ4v) is 1.53. The SMILES string of the molecule is COc1cccc(Oc2cc(C(F)(F)F)cc(N)n2)c1. The van der Waals surface area contributed by atoms with Gasteiger partial charge in [0.15, 0.2) is 0 Å². The van der Waals surface area contributed by atoms with Crippen LogP contribution in [0.1, 0.15) is 5.56 Å². The maximum Gasteiger partial charge on any atom is 0.416 e. The molecule has 0 radical (unpaired) electrons. The number of hydrogen-bond acceptors (Lipinski definition) is 4. The minimum atomic E-state index is -4.51. The number of hydrogen-bond donors (Lipinski definition) is 1. The molecule has 1 aromatic heterocycles. The molecule has 2 aromatic rings. The second-order valence-electron chi connectivity index (χ2n) is 3.90. The summed E-state index contributed by atoms with van der Waals surface area (Å²) in [5.74, 6) is 0.321. The molecule has 0 aliphatic rings. The number of aromatic nitrogens is 1. The number of ether oxygens (including phenoxy) is 2. The molecule has 2 N–H and O–H groups in total. The van der Waals surface area contributed by atoms with Crippen LogP contribution in [0.5, 0.6) is 17.4 Å². The first-order chi connectivity index (χ1) is 9.38. The Morgan fingerprint density at radius 1 is 1.10 bits per heavy atom. The third-order valence-corrected chi connectivity index (χ3v) is 2.41. The predicted molar refractivity (Wildman–Crippen MR) is 66.7 cm³/mol. The van der Waals surface area contributed by atoms with Crippen LogP contribution >= 0.6 is 0 Å². The van der Waals surface area contributed by atoms with Gasteiger partial charge >= 0.3 is 6.18 Å². The van der Waals surface area contributed by atoms with Crippen molar-refractivity contribution in [3.63, 3.8) is 0 Å². The lowest BCUT2D eigenvalue weighted by Crippen LogP contribution is -2.07. The number of anilines is 1. The van der Waals surface area contributed by atoms with E-state index in [9.17, 15) is 13.2 Å². The van der Waals surface area contributed by atoms with Crippen molar-refractivity contribution >= 4 is 5.82 Å². The van der Waals surface area contributed by atoms with Crippen LogP contribution in [0.4, 0.5) is 19.0 Å². The Balaban J connectivity index is 2.31. The van der Waals surface area contributed by atoms with Gasteiger partial charge < -0.3 is 15.2 Å². The Morgan fingerprint density at radius 3 is 2.45 bits per heavy atom. The summed E-state index contributed by atoms with van der Waals surface area (Å²) in [5, 5.41) is 0. The minimum Gasteiger partial charge on any atom is -0.497 e. The molecule has 20 heavy (non-hydrogen) atoms. The maximum atomic E-state index is 12.6. The molecule has 0 saturated carbocycles. The predicted octanol–water partition coefficient (Wildman–Crippen LogP) is 3.48. The van der Waals surface area contributed by atoms with Gasteiger partial charge in [-0.2, -0.15) is 18.2 Å². The Labute approximate surface area is 113 Å². The first-order valence-electron chi connectivity index (χ1n) is 5.55. The number of nitrogens with two attached hydrogens (primary N) is 1. The number of alkyl halides is 3. The zero-order valence-corrected chi connectivity index (χ0v) is 10.4. The van der Waals surface area contributed by atoms with Crippen LogP contribution in [-0.2, 0) is 6.18 Å². The second kappa shape index (κ2) is 5.28. The van der Waals surface area contributed by atoms with Crippen molar-refractivity contribution in [2.45, 2.75) is 6.18 Å². The van der Waals surface area contributed by atoms with Crippen LogP contribution in [0, 0.1) is 0 Å². The molecule has 7 heteroatoms. The van der Waals surface area contributed by atoms with Gasteiger partial charge in [0.05, 0.1) is 12.7 Å². The van der Waals surface area contributed by atoms with Gasteiger partial charge in [-0.05, 0) is 18.2 Å². The van der Waals surface area contributed by atoms with Crippen LogP contribution in [0.3, 0.4) is 0 Å². The number of halogens is 3. The van der Waals surface area contributed by atoms with Crippen LogP contribution in [-0.4, -0.2) is 12.1 Å². The zero-order chi connectivity index (χ0) is 14.8. The van der Waals surface area contributed by atoms with E-state index >= 15 is 0 Å². The highest BCUT2D eigenvalue weighted by Crippen LogP contribution is 2.33. The lowest BCUT2D eigenvalue weighted by Gasteiger charge is -2.11. The summed E-state index contributed by atoms with van der Waals surface area (Å²) in [6, 6.07) is 7.96. The standard InChI is InChI=1S/C13H11F3N2O2/c1-19-9-3-2-4-10(7-9)20-12-6-8(13(14,15)16)5-11(17)18-12/h2-7H,1H3,(H2,17,18). The maximum absolute atomic E-state index is 12.6. The van der Waals surface area contributed by atoms with E-state index in [0.29, 0.717) is 11.5 Å². The van der Waals surface area contributed by atoms with Crippen molar-refractivity contribution in [2.75, 3.05) is 12.8 Å². The van der Waals surface area contributed by atoms with Crippen molar-refractivity contribution in [1.29, 1.82) is 0 Å². The second-order valence-corrected chi connectivity index (χ2v) is 3.90. The van der Waals surface area contributed by atoms with E-state index in [2.05, 4.69) is 4.98 Å². The lowest BCUT2D eigenvalue weighted by atomic mass is 10.2.